The van der Waals surface area contributed by atoms with Crippen molar-refractivity contribution in [2.24, 2.45) is 0 Å². The number of hydrogen-bond donors (Lipinski definition) is 1. The normalized spacial score (nSPS) is 16.9. The van der Waals surface area contributed by atoms with Crippen LogP contribution in [0.4, 0.5) is 4.79 Å². The first kappa shape index (κ1) is 14.6. The highest BCUT2D eigenvalue weighted by atomic mass is 16.5. The van der Waals surface area contributed by atoms with Crippen LogP contribution in [-0.2, 0) is 0 Å². The van der Waals surface area contributed by atoms with Gasteiger partial charge in [-0.25, -0.2) is 4.79 Å². The van der Waals surface area contributed by atoms with Gasteiger partial charge in [0, 0.05) is 37.7 Å². The van der Waals surface area contributed by atoms with E-state index in [0.717, 1.165) is 31.7 Å². The molecule has 1 N–H and O–H groups in total. The maximum Gasteiger partial charge on any atom is 0.317 e. The van der Waals surface area contributed by atoms with Gasteiger partial charge in [0.05, 0.1) is 6.20 Å². The number of rotatable bonds is 2. The Morgan fingerprint density at radius 3 is 2.65 bits per heavy atom. The third-order valence-corrected chi connectivity index (χ3v) is 3.15. The van der Waals surface area contributed by atoms with E-state index in [9.17, 15) is 4.79 Å². The van der Waals surface area contributed by atoms with Crippen LogP contribution in [0, 0.1) is 0 Å². The Labute approximate surface area is 120 Å². The van der Waals surface area contributed by atoms with Gasteiger partial charge in [0.15, 0.2) is 0 Å². The fraction of sp³-hybridized carbons (Fsp3) is 0.600. The highest BCUT2D eigenvalue weighted by molar-refractivity contribution is 5.75. The smallest absolute Gasteiger partial charge is 0.317 e. The van der Waals surface area contributed by atoms with Crippen molar-refractivity contribution in [2.45, 2.75) is 45.3 Å². The Balaban J connectivity index is 1.79. The number of carbonyl (C=O) groups is 1. The van der Waals surface area contributed by atoms with E-state index < -0.39 is 0 Å². The molecule has 20 heavy (non-hydrogen) atoms. The van der Waals surface area contributed by atoms with E-state index in [1.165, 1.54) is 0 Å². The molecule has 5 nitrogen and oxygen atoms in total. The predicted molar refractivity (Wildman–Crippen MR) is 77.7 cm³/mol. The topological polar surface area (TPSA) is 54.5 Å². The quantitative estimate of drug-likeness (QED) is 0.903. The van der Waals surface area contributed by atoms with Crippen LogP contribution in [0.2, 0.25) is 0 Å². The summed E-state index contributed by atoms with van der Waals surface area (Å²) in [5, 5.41) is 2.99. The molecule has 2 amide bonds. The van der Waals surface area contributed by atoms with Crippen LogP contribution in [0.1, 0.15) is 33.6 Å². The average Bonchev–Trinajstić information content (AvgIpc) is 2.39. The summed E-state index contributed by atoms with van der Waals surface area (Å²) in [5.74, 6) is 0.796. The molecule has 0 atom stereocenters. The van der Waals surface area contributed by atoms with E-state index in [2.05, 4.69) is 10.3 Å². The Bertz CT molecular complexity index is 434. The molecule has 1 aliphatic rings. The zero-order valence-electron chi connectivity index (χ0n) is 12.4. The minimum absolute atomic E-state index is 0.0114. The van der Waals surface area contributed by atoms with Gasteiger partial charge in [-0.05, 0) is 32.9 Å². The standard InChI is InChI=1S/C15H23N3O2/c1-15(2,3)17-14(19)18-9-6-12(7-10-18)20-13-5-4-8-16-11-13/h4-5,8,11-12H,6-7,9-10H2,1-3H3,(H,17,19). The third-order valence-electron chi connectivity index (χ3n) is 3.15. The van der Waals surface area contributed by atoms with E-state index in [1.807, 2.05) is 37.8 Å². The summed E-state index contributed by atoms with van der Waals surface area (Å²) in [7, 11) is 0. The lowest BCUT2D eigenvalue weighted by molar-refractivity contribution is 0.108. The van der Waals surface area contributed by atoms with Gasteiger partial charge in [0.1, 0.15) is 11.9 Å². The minimum Gasteiger partial charge on any atom is -0.489 e. The number of amides is 2. The maximum absolute atomic E-state index is 12.0. The van der Waals surface area contributed by atoms with Gasteiger partial charge in [-0.1, -0.05) is 0 Å². The molecule has 110 valence electrons. The Morgan fingerprint density at radius 1 is 1.40 bits per heavy atom. The monoisotopic (exact) mass is 277 g/mol. The summed E-state index contributed by atoms with van der Waals surface area (Å²) >= 11 is 0. The number of pyridine rings is 1. The largest absolute Gasteiger partial charge is 0.489 e. The predicted octanol–water partition coefficient (Wildman–Crippen LogP) is 2.43. The van der Waals surface area contributed by atoms with Crippen LogP contribution in [-0.4, -0.2) is 40.6 Å². The van der Waals surface area contributed by atoms with Gasteiger partial charge in [-0.2, -0.15) is 0 Å². The van der Waals surface area contributed by atoms with Crippen LogP contribution in [0.25, 0.3) is 0 Å². The lowest BCUT2D eigenvalue weighted by Crippen LogP contribution is -2.51. The molecule has 0 bridgehead atoms. The molecule has 0 saturated carbocycles. The van der Waals surface area contributed by atoms with Crippen molar-refractivity contribution in [1.82, 2.24) is 15.2 Å². The molecule has 5 heteroatoms. The molecule has 1 aromatic rings. The Morgan fingerprint density at radius 2 is 2.10 bits per heavy atom. The molecule has 2 rings (SSSR count). The highest BCUT2D eigenvalue weighted by Gasteiger charge is 2.25. The molecule has 0 spiro atoms. The van der Waals surface area contributed by atoms with Crippen LogP contribution >= 0.6 is 0 Å². The maximum atomic E-state index is 12.0. The van der Waals surface area contributed by atoms with Gasteiger partial charge in [0.2, 0.25) is 0 Å². The molecule has 1 fully saturated rings. The number of piperidine rings is 1. The van der Waals surface area contributed by atoms with Crippen molar-refractivity contribution < 1.29 is 9.53 Å². The van der Waals surface area contributed by atoms with E-state index in [0.29, 0.717) is 0 Å². The zero-order valence-corrected chi connectivity index (χ0v) is 12.4. The molecule has 2 heterocycles. The van der Waals surface area contributed by atoms with Crippen molar-refractivity contribution in [3.63, 3.8) is 0 Å². The number of nitrogens with one attached hydrogen (secondary N) is 1. The number of urea groups is 1. The second-order valence-corrected chi connectivity index (χ2v) is 6.17. The second-order valence-electron chi connectivity index (χ2n) is 6.17. The van der Waals surface area contributed by atoms with Gasteiger partial charge < -0.3 is 15.0 Å². The van der Waals surface area contributed by atoms with Crippen molar-refractivity contribution in [3.05, 3.63) is 24.5 Å². The second kappa shape index (κ2) is 6.11. The summed E-state index contributed by atoms with van der Waals surface area (Å²) in [6, 6.07) is 3.78. The Hall–Kier alpha value is -1.78. The van der Waals surface area contributed by atoms with Crippen LogP contribution in [0.5, 0.6) is 5.75 Å². The third kappa shape index (κ3) is 4.40. The first-order chi connectivity index (χ1) is 9.44. The van der Waals surface area contributed by atoms with Gasteiger partial charge in [0.25, 0.3) is 0 Å². The Kier molecular flexibility index (Phi) is 4.47. The van der Waals surface area contributed by atoms with Gasteiger partial charge >= 0.3 is 6.03 Å². The fourth-order valence-corrected chi connectivity index (χ4v) is 2.19. The summed E-state index contributed by atoms with van der Waals surface area (Å²) in [6.07, 6.45) is 5.32. The zero-order chi connectivity index (χ0) is 14.6. The lowest BCUT2D eigenvalue weighted by atomic mass is 10.1. The first-order valence-electron chi connectivity index (χ1n) is 7.08. The van der Waals surface area contributed by atoms with E-state index in [1.54, 1.807) is 12.4 Å². The number of aromatic nitrogens is 1. The van der Waals surface area contributed by atoms with Crippen LogP contribution < -0.4 is 10.1 Å². The fourth-order valence-electron chi connectivity index (χ4n) is 2.19. The summed E-state index contributed by atoms with van der Waals surface area (Å²) in [4.78, 5) is 17.9. The lowest BCUT2D eigenvalue weighted by Gasteiger charge is -2.34. The van der Waals surface area contributed by atoms with Crippen molar-refractivity contribution >= 4 is 6.03 Å². The molecule has 0 aromatic carbocycles. The van der Waals surface area contributed by atoms with Gasteiger partial charge in [-0.3, -0.25) is 4.98 Å². The number of likely N-dealkylation sites (tertiary alicyclic amines) is 1. The number of nitrogens with zero attached hydrogens (tertiary/aromatic N) is 2. The molecule has 1 aliphatic heterocycles. The highest BCUT2D eigenvalue weighted by Crippen LogP contribution is 2.18. The number of carbonyl (C=O) groups excluding carboxylic acids is 1. The summed E-state index contributed by atoms with van der Waals surface area (Å²) in [5.41, 5.74) is -0.194. The molecule has 0 unspecified atom stereocenters. The molecular weight excluding hydrogens is 254 g/mol. The molecular formula is C15H23N3O2. The van der Waals surface area contributed by atoms with E-state index in [4.69, 9.17) is 4.74 Å². The average molecular weight is 277 g/mol. The van der Waals surface area contributed by atoms with Crippen molar-refractivity contribution in [2.75, 3.05) is 13.1 Å². The summed E-state index contributed by atoms with van der Waals surface area (Å²) in [6.45, 7) is 7.43. The van der Waals surface area contributed by atoms with E-state index in [-0.39, 0.29) is 17.7 Å². The van der Waals surface area contributed by atoms with Crippen LogP contribution in [0.15, 0.2) is 24.5 Å². The van der Waals surface area contributed by atoms with Crippen molar-refractivity contribution in [3.8, 4) is 5.75 Å². The van der Waals surface area contributed by atoms with Crippen LogP contribution in [0.3, 0.4) is 0 Å². The molecule has 0 aliphatic carbocycles. The molecule has 0 radical (unpaired) electrons. The molecule has 1 saturated heterocycles. The molecule has 1 aromatic heterocycles. The van der Waals surface area contributed by atoms with Gasteiger partial charge in [-0.15, -0.1) is 0 Å². The summed E-state index contributed by atoms with van der Waals surface area (Å²) < 4.78 is 5.86. The number of hydrogen-bond acceptors (Lipinski definition) is 3. The number of ether oxygens (including phenoxy) is 1. The van der Waals surface area contributed by atoms with Crippen molar-refractivity contribution in [1.29, 1.82) is 0 Å². The van der Waals surface area contributed by atoms with E-state index >= 15 is 0 Å². The first-order valence-corrected chi connectivity index (χ1v) is 7.08. The minimum atomic E-state index is -0.194. The SMILES string of the molecule is CC(C)(C)NC(=O)N1CCC(Oc2cccnc2)CC1.